The fourth-order valence-electron chi connectivity index (χ4n) is 4.35. The van der Waals surface area contributed by atoms with Crippen LogP contribution in [0.25, 0.3) is 27.5 Å². The first-order valence-electron chi connectivity index (χ1n) is 10.2. The van der Waals surface area contributed by atoms with E-state index in [4.69, 9.17) is 5.11 Å². The van der Waals surface area contributed by atoms with E-state index in [9.17, 15) is 9.18 Å². The van der Waals surface area contributed by atoms with E-state index in [0.29, 0.717) is 18.4 Å². The smallest absolute Gasteiger partial charge is 0.303 e. The van der Waals surface area contributed by atoms with Crippen molar-refractivity contribution in [3.63, 3.8) is 0 Å². The summed E-state index contributed by atoms with van der Waals surface area (Å²) < 4.78 is 18.0. The van der Waals surface area contributed by atoms with Gasteiger partial charge in [0.05, 0.1) is 17.2 Å². The van der Waals surface area contributed by atoms with E-state index < -0.39 is 5.97 Å². The van der Waals surface area contributed by atoms with Crippen molar-refractivity contribution in [2.75, 3.05) is 0 Å². The van der Waals surface area contributed by atoms with Gasteiger partial charge in [-0.05, 0) is 67.1 Å². The third-order valence-corrected chi connectivity index (χ3v) is 5.74. The molecule has 2 heterocycles. The minimum absolute atomic E-state index is 0.133. The monoisotopic (exact) mass is 407 g/mol. The molecule has 0 aliphatic rings. The zero-order valence-corrected chi connectivity index (χ0v) is 17.7. The highest BCUT2D eigenvalue weighted by atomic mass is 19.1. The van der Waals surface area contributed by atoms with Gasteiger partial charge in [-0.2, -0.15) is 5.10 Å². The van der Waals surface area contributed by atoms with Gasteiger partial charge in [0.2, 0.25) is 0 Å². The van der Waals surface area contributed by atoms with Crippen LogP contribution in [0.4, 0.5) is 4.39 Å². The van der Waals surface area contributed by atoms with E-state index in [1.54, 1.807) is 6.92 Å². The van der Waals surface area contributed by atoms with Gasteiger partial charge in [0.25, 0.3) is 0 Å². The van der Waals surface area contributed by atoms with Crippen molar-refractivity contribution in [3.05, 3.63) is 59.2 Å². The lowest BCUT2D eigenvalue weighted by atomic mass is 9.98. The van der Waals surface area contributed by atoms with Gasteiger partial charge in [-0.15, -0.1) is 0 Å². The normalized spacial score (nSPS) is 11.8. The van der Waals surface area contributed by atoms with Gasteiger partial charge in [-0.25, -0.2) is 4.39 Å². The van der Waals surface area contributed by atoms with Crippen molar-refractivity contribution < 1.29 is 14.3 Å². The number of carboxylic acids is 1. The molecule has 0 fully saturated rings. The van der Waals surface area contributed by atoms with Crippen molar-refractivity contribution in [2.45, 2.75) is 46.0 Å². The van der Waals surface area contributed by atoms with Crippen LogP contribution in [0.3, 0.4) is 0 Å². The highest BCUT2D eigenvalue weighted by Gasteiger charge is 2.22. The van der Waals surface area contributed by atoms with E-state index in [1.165, 1.54) is 6.07 Å². The minimum atomic E-state index is -0.784. The topological polar surface area (TPSA) is 60.1 Å². The molecule has 4 rings (SSSR count). The Balaban J connectivity index is 2.04. The summed E-state index contributed by atoms with van der Waals surface area (Å²) in [5.74, 6) is -0.797. The largest absolute Gasteiger partial charge is 0.481 e. The summed E-state index contributed by atoms with van der Waals surface area (Å²) >= 11 is 0. The summed E-state index contributed by atoms with van der Waals surface area (Å²) in [6, 6.07) is 9.46. The molecular weight excluding hydrogens is 381 g/mol. The van der Waals surface area contributed by atoms with Crippen molar-refractivity contribution >= 4 is 27.8 Å². The molecule has 0 aliphatic heterocycles. The first-order valence-corrected chi connectivity index (χ1v) is 10.2. The van der Waals surface area contributed by atoms with Crippen LogP contribution in [0.15, 0.2) is 36.5 Å². The number of aliphatic carboxylic acids is 1. The van der Waals surface area contributed by atoms with E-state index in [0.717, 1.165) is 38.8 Å². The Morgan fingerprint density at radius 3 is 2.63 bits per heavy atom. The number of rotatable bonds is 6. The predicted octanol–water partition coefficient (Wildman–Crippen LogP) is 5.50. The molecule has 6 heteroatoms. The lowest BCUT2D eigenvalue weighted by Crippen LogP contribution is -2.05. The molecule has 0 saturated carbocycles. The first-order chi connectivity index (χ1) is 14.3. The SMILES string of the molecule is Cc1cc(-n2c(C(C)C)c(CCCC(=O)O)c3cc4c(cnn4C)cc32)ccc1F. The number of carbonyl (C=O) groups is 1. The third-order valence-electron chi connectivity index (χ3n) is 5.74. The standard InChI is InChI=1S/C24H26FN3O2/c1-14(2)24-18(6-5-7-23(29)30)19-12-21-16(13-26-27(21)4)11-22(19)28(24)17-8-9-20(25)15(3)10-17/h8-14H,5-7H2,1-4H3,(H,29,30). The van der Waals surface area contributed by atoms with Gasteiger partial charge in [0, 0.05) is 35.6 Å². The number of hydrogen-bond acceptors (Lipinski definition) is 2. The Bertz CT molecular complexity index is 1270. The van der Waals surface area contributed by atoms with E-state index in [1.807, 2.05) is 30.1 Å². The third kappa shape index (κ3) is 3.36. The van der Waals surface area contributed by atoms with Crippen LogP contribution in [-0.2, 0) is 18.3 Å². The summed E-state index contributed by atoms with van der Waals surface area (Å²) in [5.41, 5.74) is 5.88. The van der Waals surface area contributed by atoms with Gasteiger partial charge < -0.3 is 9.67 Å². The van der Waals surface area contributed by atoms with Crippen LogP contribution in [0.5, 0.6) is 0 Å². The molecular formula is C24H26FN3O2. The molecule has 5 nitrogen and oxygen atoms in total. The fraction of sp³-hybridized carbons (Fsp3) is 0.333. The lowest BCUT2D eigenvalue weighted by molar-refractivity contribution is -0.137. The van der Waals surface area contributed by atoms with E-state index >= 15 is 0 Å². The zero-order valence-electron chi connectivity index (χ0n) is 17.7. The zero-order chi connectivity index (χ0) is 21.6. The molecule has 4 aromatic rings. The molecule has 0 bridgehead atoms. The molecule has 2 aromatic heterocycles. The van der Waals surface area contributed by atoms with Crippen LogP contribution in [0.1, 0.15) is 49.4 Å². The van der Waals surface area contributed by atoms with Gasteiger partial charge in [0.1, 0.15) is 5.82 Å². The van der Waals surface area contributed by atoms with Crippen LogP contribution >= 0.6 is 0 Å². The molecule has 1 N–H and O–H groups in total. The van der Waals surface area contributed by atoms with Gasteiger partial charge in [-0.1, -0.05) is 13.8 Å². The summed E-state index contributed by atoms with van der Waals surface area (Å²) in [7, 11) is 1.92. The van der Waals surface area contributed by atoms with Gasteiger partial charge in [0.15, 0.2) is 0 Å². The Morgan fingerprint density at radius 2 is 1.97 bits per heavy atom. The molecule has 0 spiro atoms. The number of hydrogen-bond donors (Lipinski definition) is 1. The second-order valence-corrected chi connectivity index (χ2v) is 8.23. The van der Waals surface area contributed by atoms with Crippen LogP contribution in [0.2, 0.25) is 0 Å². The van der Waals surface area contributed by atoms with Crippen LogP contribution in [0, 0.1) is 12.7 Å². The second-order valence-electron chi connectivity index (χ2n) is 8.23. The lowest BCUT2D eigenvalue weighted by Gasteiger charge is -2.16. The maximum absolute atomic E-state index is 14.0. The predicted molar refractivity (Wildman–Crippen MR) is 117 cm³/mol. The van der Waals surface area contributed by atoms with Gasteiger partial charge in [-0.3, -0.25) is 9.48 Å². The molecule has 2 aromatic carbocycles. The van der Waals surface area contributed by atoms with E-state index in [2.05, 4.69) is 35.6 Å². The Labute approximate surface area is 174 Å². The molecule has 0 amide bonds. The molecule has 0 unspecified atom stereocenters. The summed E-state index contributed by atoms with van der Waals surface area (Å²) in [4.78, 5) is 11.1. The van der Waals surface area contributed by atoms with Crippen molar-refractivity contribution in [3.8, 4) is 5.69 Å². The molecule has 156 valence electrons. The summed E-state index contributed by atoms with van der Waals surface area (Å²) in [5, 5.41) is 15.6. The molecule has 30 heavy (non-hydrogen) atoms. The van der Waals surface area contributed by atoms with Crippen LogP contribution in [-0.4, -0.2) is 25.4 Å². The Morgan fingerprint density at radius 1 is 1.20 bits per heavy atom. The average molecular weight is 407 g/mol. The number of aromatic nitrogens is 3. The molecule has 0 atom stereocenters. The maximum Gasteiger partial charge on any atom is 0.303 e. The Kier molecular flexibility index (Phi) is 5.10. The number of benzene rings is 2. The first kappa shape index (κ1) is 20.1. The number of aryl methyl sites for hydroxylation is 3. The van der Waals surface area contributed by atoms with Crippen LogP contribution < -0.4 is 0 Å². The quantitative estimate of drug-likeness (QED) is 0.459. The van der Waals surface area contributed by atoms with Gasteiger partial charge >= 0.3 is 5.97 Å². The molecule has 0 saturated heterocycles. The summed E-state index contributed by atoms with van der Waals surface area (Å²) in [6.45, 7) is 6.05. The van der Waals surface area contributed by atoms with Crippen molar-refractivity contribution in [1.29, 1.82) is 0 Å². The van der Waals surface area contributed by atoms with E-state index in [-0.39, 0.29) is 18.2 Å². The highest BCUT2D eigenvalue weighted by molar-refractivity contribution is 5.99. The minimum Gasteiger partial charge on any atom is -0.481 e. The number of carboxylic acid groups (broad SMARTS) is 1. The molecule has 0 radical (unpaired) electrons. The average Bonchev–Trinajstić information content (AvgIpc) is 3.20. The number of fused-ring (bicyclic) bond motifs is 2. The van der Waals surface area contributed by atoms with Crippen molar-refractivity contribution in [1.82, 2.24) is 14.3 Å². The maximum atomic E-state index is 14.0. The highest BCUT2D eigenvalue weighted by Crippen LogP contribution is 2.37. The summed E-state index contributed by atoms with van der Waals surface area (Å²) in [6.07, 6.45) is 3.22. The fourth-order valence-corrected chi connectivity index (χ4v) is 4.35. The second kappa shape index (κ2) is 7.59. The molecule has 0 aliphatic carbocycles. The Hall–Kier alpha value is -3.15. The number of nitrogens with zero attached hydrogens (tertiary/aromatic N) is 3. The van der Waals surface area contributed by atoms with Crippen molar-refractivity contribution in [2.24, 2.45) is 7.05 Å². The number of halogens is 1.